The molecular formula is C28H43N3O2. The normalized spacial score (nSPS) is 16.8. The van der Waals surface area contributed by atoms with Gasteiger partial charge >= 0.3 is 0 Å². The molecular weight excluding hydrogens is 410 g/mol. The maximum atomic E-state index is 12.7. The third-order valence-electron chi connectivity index (χ3n) is 6.07. The molecule has 1 aliphatic heterocycles. The van der Waals surface area contributed by atoms with Gasteiger partial charge in [0, 0.05) is 5.54 Å². The predicted molar refractivity (Wildman–Crippen MR) is 138 cm³/mol. The minimum Gasteiger partial charge on any atom is -0.372 e. The average molecular weight is 454 g/mol. The molecule has 0 aromatic heterocycles. The van der Waals surface area contributed by atoms with E-state index in [0.717, 1.165) is 45.2 Å². The van der Waals surface area contributed by atoms with Gasteiger partial charge in [-0.1, -0.05) is 57.2 Å². The van der Waals surface area contributed by atoms with Gasteiger partial charge in [-0.15, -0.1) is 0 Å². The van der Waals surface area contributed by atoms with E-state index in [9.17, 15) is 4.79 Å². The minimum absolute atomic E-state index is 0.0510. The van der Waals surface area contributed by atoms with Crippen LogP contribution in [-0.2, 0) is 21.4 Å². The molecule has 0 spiro atoms. The van der Waals surface area contributed by atoms with Crippen LogP contribution in [0.15, 0.2) is 36.4 Å². The number of amides is 2. The maximum Gasteiger partial charge on any atom is 0.237 e. The number of nitrogens with one attached hydrogen (secondary N) is 1. The Morgan fingerprint density at radius 2 is 1.76 bits per heavy atom. The van der Waals surface area contributed by atoms with Crippen LogP contribution >= 0.6 is 0 Å². The highest BCUT2D eigenvalue weighted by molar-refractivity contribution is 5.87. The summed E-state index contributed by atoms with van der Waals surface area (Å²) >= 11 is 0. The highest BCUT2D eigenvalue weighted by Gasteiger charge is 2.31. The second-order valence-corrected chi connectivity index (χ2v) is 11.1. The molecule has 1 atom stereocenters. The van der Waals surface area contributed by atoms with Crippen LogP contribution in [0.25, 0.3) is 10.8 Å². The number of hydrogen-bond acceptors (Lipinski definition) is 3. The van der Waals surface area contributed by atoms with Gasteiger partial charge in [0.05, 0.1) is 6.04 Å². The third-order valence-corrected chi connectivity index (χ3v) is 6.07. The first-order valence-corrected chi connectivity index (χ1v) is 12.2. The molecule has 2 aromatic carbocycles. The molecule has 1 unspecified atom stereocenters. The third kappa shape index (κ3) is 7.85. The van der Waals surface area contributed by atoms with Crippen LogP contribution in [0.3, 0.4) is 0 Å². The number of carbonyl (C=O) groups excluding carboxylic acids is 2. The number of nitrogens with two attached hydrogens (primary N) is 1. The van der Waals surface area contributed by atoms with Crippen LogP contribution in [0.2, 0.25) is 0 Å². The molecule has 1 heterocycles. The fraction of sp³-hybridized carbons (Fsp3) is 0.571. The molecule has 1 saturated heterocycles. The molecule has 1 aliphatic rings. The molecule has 1 fully saturated rings. The fourth-order valence-corrected chi connectivity index (χ4v) is 4.88. The highest BCUT2D eigenvalue weighted by atomic mass is 16.2. The second kappa shape index (κ2) is 11.6. The molecule has 33 heavy (non-hydrogen) atoms. The lowest BCUT2D eigenvalue weighted by atomic mass is 9.79. The van der Waals surface area contributed by atoms with Gasteiger partial charge in [-0.05, 0) is 93.3 Å². The molecule has 3 rings (SSSR count). The Bertz CT molecular complexity index is 925. The number of rotatable bonds is 6. The van der Waals surface area contributed by atoms with Gasteiger partial charge in [0.1, 0.15) is 0 Å². The van der Waals surface area contributed by atoms with Crippen LogP contribution in [0.4, 0.5) is 0 Å². The number of fused-ring (bicyclic) bond motifs is 1. The molecule has 2 amide bonds. The Kier molecular flexibility index (Phi) is 9.47. The molecule has 182 valence electrons. The van der Waals surface area contributed by atoms with Crippen molar-refractivity contribution in [3.63, 3.8) is 0 Å². The van der Waals surface area contributed by atoms with Crippen molar-refractivity contribution in [3.8, 4) is 0 Å². The van der Waals surface area contributed by atoms with Gasteiger partial charge in [-0.3, -0.25) is 14.5 Å². The lowest BCUT2D eigenvalue weighted by Gasteiger charge is -2.28. The SMILES string of the molecule is CC(C)(C)NC(=O)C1CCCN1CCCCc1ccc2ccccc2c1C(C)(C)C.NC=O. The van der Waals surface area contributed by atoms with Gasteiger partial charge < -0.3 is 11.1 Å². The first-order chi connectivity index (χ1) is 15.5. The lowest BCUT2D eigenvalue weighted by Crippen LogP contribution is -2.50. The van der Waals surface area contributed by atoms with Gasteiger partial charge in [0.15, 0.2) is 0 Å². The van der Waals surface area contributed by atoms with Crippen molar-refractivity contribution in [3.05, 3.63) is 47.5 Å². The van der Waals surface area contributed by atoms with E-state index in [1.807, 2.05) is 0 Å². The summed E-state index contributed by atoms with van der Waals surface area (Å²) < 4.78 is 0. The Morgan fingerprint density at radius 3 is 2.39 bits per heavy atom. The Labute approximate surface area is 200 Å². The van der Waals surface area contributed by atoms with Gasteiger partial charge in [-0.2, -0.15) is 0 Å². The molecule has 0 saturated carbocycles. The molecule has 0 aliphatic carbocycles. The number of benzene rings is 2. The first kappa shape index (κ1) is 26.8. The van der Waals surface area contributed by atoms with E-state index in [2.05, 4.69) is 93.9 Å². The summed E-state index contributed by atoms with van der Waals surface area (Å²) in [6, 6.07) is 13.4. The number of nitrogens with zero attached hydrogens (tertiary/aromatic N) is 1. The summed E-state index contributed by atoms with van der Waals surface area (Å²) in [5.41, 5.74) is 7.10. The summed E-state index contributed by atoms with van der Waals surface area (Å²) in [7, 11) is 0. The predicted octanol–water partition coefficient (Wildman–Crippen LogP) is 4.94. The topological polar surface area (TPSA) is 75.4 Å². The Hall–Kier alpha value is -2.40. The van der Waals surface area contributed by atoms with Crippen molar-refractivity contribution in [2.45, 2.75) is 90.6 Å². The molecule has 5 heteroatoms. The summed E-state index contributed by atoms with van der Waals surface area (Å²) in [4.78, 5) is 23.6. The van der Waals surface area contributed by atoms with E-state index in [1.165, 1.54) is 21.9 Å². The van der Waals surface area contributed by atoms with Crippen molar-refractivity contribution in [1.29, 1.82) is 0 Å². The number of unbranched alkanes of at least 4 members (excludes halogenated alkanes) is 1. The average Bonchev–Trinajstić information content (AvgIpc) is 3.18. The van der Waals surface area contributed by atoms with Crippen molar-refractivity contribution >= 4 is 23.1 Å². The maximum absolute atomic E-state index is 12.7. The van der Waals surface area contributed by atoms with E-state index >= 15 is 0 Å². The van der Waals surface area contributed by atoms with E-state index in [4.69, 9.17) is 4.79 Å². The van der Waals surface area contributed by atoms with Crippen molar-refractivity contribution < 1.29 is 9.59 Å². The number of hydrogen-bond donors (Lipinski definition) is 2. The van der Waals surface area contributed by atoms with E-state index in [0.29, 0.717) is 0 Å². The van der Waals surface area contributed by atoms with Crippen molar-refractivity contribution in [2.24, 2.45) is 5.73 Å². The number of primary amides is 1. The quantitative estimate of drug-likeness (QED) is 0.480. The number of likely N-dealkylation sites (tertiary alicyclic amines) is 1. The number of aryl methyl sites for hydroxylation is 1. The molecule has 0 bridgehead atoms. The fourth-order valence-electron chi connectivity index (χ4n) is 4.88. The van der Waals surface area contributed by atoms with E-state index < -0.39 is 0 Å². The zero-order valence-corrected chi connectivity index (χ0v) is 21.4. The first-order valence-electron chi connectivity index (χ1n) is 12.2. The zero-order valence-electron chi connectivity index (χ0n) is 21.4. The smallest absolute Gasteiger partial charge is 0.237 e. The molecule has 5 nitrogen and oxygen atoms in total. The van der Waals surface area contributed by atoms with Crippen LogP contribution in [0.1, 0.15) is 78.4 Å². The number of carbonyl (C=O) groups is 2. The second-order valence-electron chi connectivity index (χ2n) is 11.1. The monoisotopic (exact) mass is 453 g/mol. The standard InChI is InChI=1S/C27H40N2O.CH3NO/c1-26(2,3)24-21(17-16-20-12-7-8-14-22(20)24)13-9-10-18-29-19-11-15-23(29)25(30)28-27(4,5)6;2-1-3/h7-8,12,14,16-17,23H,9-11,13,15,18-19H2,1-6H3,(H,28,30);1H,(H2,2,3). The van der Waals surface area contributed by atoms with E-state index in [-0.39, 0.29) is 29.3 Å². The summed E-state index contributed by atoms with van der Waals surface area (Å²) in [6.07, 6.45) is 5.76. The largest absolute Gasteiger partial charge is 0.372 e. The summed E-state index contributed by atoms with van der Waals surface area (Å²) in [5.74, 6) is 0.199. The Morgan fingerprint density at radius 1 is 1.09 bits per heavy atom. The minimum atomic E-state index is -0.162. The molecule has 0 radical (unpaired) electrons. The Balaban J connectivity index is 0.00000122. The van der Waals surface area contributed by atoms with Crippen LogP contribution < -0.4 is 11.1 Å². The van der Waals surface area contributed by atoms with Gasteiger partial charge in [-0.25, -0.2) is 0 Å². The van der Waals surface area contributed by atoms with Crippen LogP contribution in [0, 0.1) is 0 Å². The lowest BCUT2D eigenvalue weighted by molar-refractivity contribution is -0.127. The summed E-state index contributed by atoms with van der Waals surface area (Å²) in [5, 5.41) is 5.89. The highest BCUT2D eigenvalue weighted by Crippen LogP contribution is 2.34. The summed E-state index contributed by atoms with van der Waals surface area (Å²) in [6.45, 7) is 15.2. The van der Waals surface area contributed by atoms with Crippen LogP contribution in [0.5, 0.6) is 0 Å². The van der Waals surface area contributed by atoms with Crippen molar-refractivity contribution in [1.82, 2.24) is 10.2 Å². The van der Waals surface area contributed by atoms with Crippen molar-refractivity contribution in [2.75, 3.05) is 13.1 Å². The van der Waals surface area contributed by atoms with Crippen LogP contribution in [-0.4, -0.2) is 41.9 Å². The van der Waals surface area contributed by atoms with E-state index in [1.54, 1.807) is 0 Å². The van der Waals surface area contributed by atoms with Gasteiger partial charge in [0.25, 0.3) is 0 Å². The van der Waals surface area contributed by atoms with Gasteiger partial charge in [0.2, 0.25) is 12.3 Å². The zero-order chi connectivity index (χ0) is 24.6. The molecule has 2 aromatic rings. The molecule has 3 N–H and O–H groups in total.